The third-order valence-corrected chi connectivity index (χ3v) is 3.39. The third kappa shape index (κ3) is 2.54. The highest BCUT2D eigenvalue weighted by Gasteiger charge is 2.22. The van der Waals surface area contributed by atoms with Gasteiger partial charge in [-0.2, -0.15) is 0 Å². The molecule has 1 aliphatic heterocycles. The van der Waals surface area contributed by atoms with Gasteiger partial charge in [0.15, 0.2) is 0 Å². The van der Waals surface area contributed by atoms with Gasteiger partial charge in [-0.3, -0.25) is 0 Å². The summed E-state index contributed by atoms with van der Waals surface area (Å²) in [4.78, 5) is 0. The fraction of sp³-hybridized carbons (Fsp3) is 0.500. The second-order valence-corrected chi connectivity index (χ2v) is 4.56. The van der Waals surface area contributed by atoms with Gasteiger partial charge in [-0.1, -0.05) is 17.7 Å². The predicted octanol–water partition coefficient (Wildman–Crippen LogP) is 2.91. The summed E-state index contributed by atoms with van der Waals surface area (Å²) in [5, 5.41) is 0.139. The molecule has 0 aliphatic carbocycles. The first-order valence-electron chi connectivity index (χ1n) is 5.47. The number of rotatable bonds is 2. The molecule has 1 fully saturated rings. The van der Waals surface area contributed by atoms with Crippen LogP contribution < -0.4 is 5.73 Å². The van der Waals surface area contributed by atoms with Gasteiger partial charge in [0.05, 0.1) is 5.02 Å². The summed E-state index contributed by atoms with van der Waals surface area (Å²) in [6.45, 7) is 1.51. The van der Waals surface area contributed by atoms with Crippen molar-refractivity contribution in [2.75, 3.05) is 13.2 Å². The monoisotopic (exact) mass is 243 g/mol. The predicted molar refractivity (Wildman–Crippen MR) is 61.9 cm³/mol. The molecular weight excluding hydrogens is 229 g/mol. The van der Waals surface area contributed by atoms with Crippen LogP contribution in [0.15, 0.2) is 18.2 Å². The zero-order valence-electron chi connectivity index (χ0n) is 8.96. The highest BCUT2D eigenvalue weighted by molar-refractivity contribution is 6.30. The molecule has 1 heterocycles. The van der Waals surface area contributed by atoms with Crippen molar-refractivity contribution in [2.24, 2.45) is 11.7 Å². The van der Waals surface area contributed by atoms with Gasteiger partial charge in [0.1, 0.15) is 5.82 Å². The Labute approximate surface area is 99.5 Å². The normalized spacial score (nSPS) is 19.7. The fourth-order valence-corrected chi connectivity index (χ4v) is 2.26. The van der Waals surface area contributed by atoms with Crippen LogP contribution in [-0.4, -0.2) is 13.2 Å². The van der Waals surface area contributed by atoms with Crippen LogP contribution in [0.25, 0.3) is 0 Å². The van der Waals surface area contributed by atoms with Crippen LogP contribution in [0.4, 0.5) is 4.39 Å². The highest BCUT2D eigenvalue weighted by Crippen LogP contribution is 2.29. The van der Waals surface area contributed by atoms with Crippen molar-refractivity contribution in [3.63, 3.8) is 0 Å². The summed E-state index contributed by atoms with van der Waals surface area (Å²) in [6, 6.07) is 4.62. The van der Waals surface area contributed by atoms with E-state index in [1.807, 2.05) is 0 Å². The smallest absolute Gasteiger partial charge is 0.141 e. The van der Waals surface area contributed by atoms with Crippen LogP contribution in [0.3, 0.4) is 0 Å². The molecular formula is C12H15ClFNO. The van der Waals surface area contributed by atoms with Crippen LogP contribution in [0.5, 0.6) is 0 Å². The first-order chi connectivity index (χ1) is 7.68. The van der Waals surface area contributed by atoms with Crippen molar-refractivity contribution in [1.29, 1.82) is 0 Å². The molecule has 1 aromatic carbocycles. The zero-order valence-corrected chi connectivity index (χ0v) is 9.71. The molecule has 0 unspecified atom stereocenters. The Balaban J connectivity index is 2.12. The van der Waals surface area contributed by atoms with Crippen LogP contribution in [0.1, 0.15) is 24.4 Å². The van der Waals surface area contributed by atoms with Crippen LogP contribution in [-0.2, 0) is 4.74 Å². The Morgan fingerprint density at radius 1 is 1.38 bits per heavy atom. The Morgan fingerprint density at radius 2 is 2.06 bits per heavy atom. The van der Waals surface area contributed by atoms with Gasteiger partial charge in [0.2, 0.25) is 0 Å². The van der Waals surface area contributed by atoms with Gasteiger partial charge in [0, 0.05) is 19.3 Å². The van der Waals surface area contributed by atoms with Crippen molar-refractivity contribution in [3.05, 3.63) is 34.6 Å². The summed E-state index contributed by atoms with van der Waals surface area (Å²) in [6.07, 6.45) is 1.91. The molecule has 1 aromatic rings. The van der Waals surface area contributed by atoms with Crippen molar-refractivity contribution in [1.82, 2.24) is 0 Å². The van der Waals surface area contributed by atoms with Gasteiger partial charge in [-0.25, -0.2) is 4.39 Å². The van der Waals surface area contributed by atoms with Crippen LogP contribution >= 0.6 is 11.6 Å². The summed E-state index contributed by atoms with van der Waals surface area (Å²) < 4.78 is 18.3. The largest absolute Gasteiger partial charge is 0.381 e. The Hall–Kier alpha value is -0.640. The molecule has 0 bridgehead atoms. The SMILES string of the molecule is N[C@H](c1ccc(F)c(Cl)c1)C1CCOCC1. The zero-order chi connectivity index (χ0) is 11.5. The molecule has 1 saturated heterocycles. The number of nitrogens with two attached hydrogens (primary N) is 1. The molecule has 1 atom stereocenters. The van der Waals surface area contributed by atoms with E-state index < -0.39 is 5.82 Å². The maximum Gasteiger partial charge on any atom is 0.141 e. The summed E-state index contributed by atoms with van der Waals surface area (Å²) in [7, 11) is 0. The molecule has 0 spiro atoms. The summed E-state index contributed by atoms with van der Waals surface area (Å²) in [5.41, 5.74) is 7.05. The lowest BCUT2D eigenvalue weighted by molar-refractivity contribution is 0.0584. The van der Waals surface area contributed by atoms with E-state index in [0.717, 1.165) is 31.6 Å². The van der Waals surface area contributed by atoms with E-state index in [1.165, 1.54) is 6.07 Å². The molecule has 2 rings (SSSR count). The molecule has 16 heavy (non-hydrogen) atoms. The summed E-state index contributed by atoms with van der Waals surface area (Å²) in [5.74, 6) is -0.000118. The van der Waals surface area contributed by atoms with E-state index in [0.29, 0.717) is 5.92 Å². The third-order valence-electron chi connectivity index (χ3n) is 3.10. The average Bonchev–Trinajstić information content (AvgIpc) is 2.33. The van der Waals surface area contributed by atoms with Gasteiger partial charge in [-0.05, 0) is 36.5 Å². The lowest BCUT2D eigenvalue weighted by Crippen LogP contribution is -2.27. The number of hydrogen-bond acceptors (Lipinski definition) is 2. The number of ether oxygens (including phenoxy) is 1. The molecule has 1 aliphatic rings. The highest BCUT2D eigenvalue weighted by atomic mass is 35.5. The average molecular weight is 244 g/mol. The molecule has 0 amide bonds. The van der Waals surface area contributed by atoms with Gasteiger partial charge >= 0.3 is 0 Å². The molecule has 0 radical (unpaired) electrons. The van der Waals surface area contributed by atoms with E-state index in [9.17, 15) is 4.39 Å². The molecule has 2 N–H and O–H groups in total. The lowest BCUT2D eigenvalue weighted by atomic mass is 9.88. The van der Waals surface area contributed by atoms with E-state index in [2.05, 4.69) is 0 Å². The second-order valence-electron chi connectivity index (χ2n) is 4.15. The topological polar surface area (TPSA) is 35.2 Å². The van der Waals surface area contributed by atoms with Crippen molar-refractivity contribution in [2.45, 2.75) is 18.9 Å². The fourth-order valence-electron chi connectivity index (χ4n) is 2.07. The van der Waals surface area contributed by atoms with Crippen LogP contribution in [0, 0.1) is 11.7 Å². The van der Waals surface area contributed by atoms with E-state index in [1.54, 1.807) is 12.1 Å². The van der Waals surface area contributed by atoms with E-state index in [4.69, 9.17) is 22.1 Å². The lowest BCUT2D eigenvalue weighted by Gasteiger charge is -2.27. The minimum absolute atomic E-state index is 0.0815. The standard InChI is InChI=1S/C12H15ClFNO/c13-10-7-9(1-2-11(10)14)12(15)8-3-5-16-6-4-8/h1-2,7-8,12H,3-6,15H2/t12-/m0/s1. The summed E-state index contributed by atoms with van der Waals surface area (Å²) >= 11 is 5.74. The van der Waals surface area contributed by atoms with E-state index in [-0.39, 0.29) is 11.1 Å². The molecule has 2 nitrogen and oxygen atoms in total. The van der Waals surface area contributed by atoms with Crippen LogP contribution in [0.2, 0.25) is 5.02 Å². The minimum Gasteiger partial charge on any atom is -0.381 e. The molecule has 0 aromatic heterocycles. The van der Waals surface area contributed by atoms with E-state index >= 15 is 0 Å². The number of halogens is 2. The van der Waals surface area contributed by atoms with Gasteiger partial charge in [0.25, 0.3) is 0 Å². The minimum atomic E-state index is -0.399. The Kier molecular flexibility index (Phi) is 3.79. The maximum absolute atomic E-state index is 13.0. The number of benzene rings is 1. The Bertz CT molecular complexity index is 366. The van der Waals surface area contributed by atoms with Crippen molar-refractivity contribution in [3.8, 4) is 0 Å². The Morgan fingerprint density at radius 3 is 2.69 bits per heavy atom. The molecule has 4 heteroatoms. The molecule has 0 saturated carbocycles. The molecule has 88 valence electrons. The maximum atomic E-state index is 13.0. The van der Waals surface area contributed by atoms with Crippen molar-refractivity contribution >= 4 is 11.6 Å². The first-order valence-corrected chi connectivity index (χ1v) is 5.84. The quantitative estimate of drug-likeness (QED) is 0.867. The van der Waals surface area contributed by atoms with Crippen molar-refractivity contribution < 1.29 is 9.13 Å². The van der Waals surface area contributed by atoms with Gasteiger partial charge < -0.3 is 10.5 Å². The first kappa shape index (κ1) is 11.8. The number of hydrogen-bond donors (Lipinski definition) is 1. The second kappa shape index (κ2) is 5.13. The van der Waals surface area contributed by atoms with Gasteiger partial charge in [-0.15, -0.1) is 0 Å².